The molecule has 5 heteroatoms. The zero-order valence-corrected chi connectivity index (χ0v) is 13.7. The van der Waals surface area contributed by atoms with E-state index in [9.17, 15) is 4.79 Å². The number of rotatable bonds is 4. The lowest BCUT2D eigenvalue weighted by Crippen LogP contribution is -2.11. The molecule has 0 bridgehead atoms. The third-order valence-corrected chi connectivity index (χ3v) is 3.58. The second kappa shape index (κ2) is 7.88. The van der Waals surface area contributed by atoms with E-state index in [1.165, 1.54) is 0 Å². The van der Waals surface area contributed by atoms with Gasteiger partial charge in [-0.25, -0.2) is 4.79 Å². The summed E-state index contributed by atoms with van der Waals surface area (Å²) < 4.78 is 0. The van der Waals surface area contributed by atoms with Crippen LogP contribution >= 0.6 is 0 Å². The largest absolute Gasteiger partial charge is 0.437 e. The number of nitrogens with zero attached hydrogens (tertiary/aromatic N) is 2. The molecule has 1 N–H and O–H groups in total. The molecule has 124 valence electrons. The highest BCUT2D eigenvalue weighted by Gasteiger charge is 2.05. The van der Waals surface area contributed by atoms with Gasteiger partial charge < -0.3 is 0 Å². The maximum atomic E-state index is 11.8. The minimum absolute atomic E-state index is 0.610. The van der Waals surface area contributed by atoms with E-state index < -0.39 is 6.09 Å². The van der Waals surface area contributed by atoms with E-state index >= 15 is 0 Å². The van der Waals surface area contributed by atoms with Crippen molar-refractivity contribution in [2.45, 2.75) is 6.92 Å². The Bertz CT molecular complexity index is 878. The van der Waals surface area contributed by atoms with E-state index in [2.05, 4.69) is 15.5 Å². The summed E-state index contributed by atoms with van der Waals surface area (Å²) in [7, 11) is 0. The number of aromatic nitrogens is 1. The van der Waals surface area contributed by atoms with Gasteiger partial charge in [-0.1, -0.05) is 41.6 Å². The van der Waals surface area contributed by atoms with Gasteiger partial charge in [-0.15, -0.1) is 0 Å². The third kappa shape index (κ3) is 4.51. The maximum Gasteiger partial charge on any atom is 0.437 e. The molecule has 3 rings (SSSR count). The summed E-state index contributed by atoms with van der Waals surface area (Å²) in [5.74, 6) is 0. The molecule has 1 aromatic heterocycles. The van der Waals surface area contributed by atoms with Crippen LogP contribution in [0.25, 0.3) is 11.1 Å². The van der Waals surface area contributed by atoms with Gasteiger partial charge in [0, 0.05) is 18.1 Å². The number of carbonyl (C=O) groups excluding carboxylic acids is 1. The molecule has 0 fully saturated rings. The zero-order valence-electron chi connectivity index (χ0n) is 13.7. The van der Waals surface area contributed by atoms with E-state index in [0.29, 0.717) is 11.4 Å². The number of benzene rings is 2. The van der Waals surface area contributed by atoms with Crippen molar-refractivity contribution in [1.29, 1.82) is 0 Å². The Morgan fingerprint density at radius 3 is 2.48 bits per heavy atom. The van der Waals surface area contributed by atoms with Crippen LogP contribution in [-0.4, -0.2) is 16.8 Å². The molecule has 2 aromatic carbocycles. The summed E-state index contributed by atoms with van der Waals surface area (Å²) in [5, 5.41) is 6.53. The van der Waals surface area contributed by atoms with Gasteiger partial charge >= 0.3 is 6.09 Å². The van der Waals surface area contributed by atoms with Crippen LogP contribution in [0.2, 0.25) is 0 Å². The van der Waals surface area contributed by atoms with Crippen LogP contribution in [0.4, 0.5) is 10.5 Å². The minimum Gasteiger partial charge on any atom is -0.298 e. The summed E-state index contributed by atoms with van der Waals surface area (Å²) in [6, 6.07) is 20.8. The molecule has 0 unspecified atom stereocenters. The van der Waals surface area contributed by atoms with Gasteiger partial charge in [-0.05, 0) is 53.9 Å². The molecule has 1 heterocycles. The molecule has 0 saturated carbocycles. The van der Waals surface area contributed by atoms with Crippen molar-refractivity contribution in [3.63, 3.8) is 0 Å². The summed E-state index contributed by atoms with van der Waals surface area (Å²) >= 11 is 0. The molecule has 1 amide bonds. The van der Waals surface area contributed by atoms with E-state index in [-0.39, 0.29) is 0 Å². The number of hydrogen-bond donors (Lipinski definition) is 1. The number of oxime groups is 1. The van der Waals surface area contributed by atoms with Gasteiger partial charge in [-0.3, -0.25) is 15.1 Å². The molecular formula is C20H17N3O2. The number of nitrogens with one attached hydrogen (secondary N) is 1. The van der Waals surface area contributed by atoms with Crippen molar-refractivity contribution >= 4 is 17.5 Å². The second-order valence-electron chi connectivity index (χ2n) is 5.36. The SMILES string of the molecule is C/C(=N/OC(=O)Nc1ccccc1)c1cccc(-c2ccncc2)c1. The zero-order chi connectivity index (χ0) is 17.5. The average molecular weight is 331 g/mol. The topological polar surface area (TPSA) is 63.6 Å². The molecule has 0 spiro atoms. The monoisotopic (exact) mass is 331 g/mol. The standard InChI is InChI=1S/C20H17N3O2/c1-15(23-25-20(24)22-19-8-3-2-4-9-19)17-6-5-7-18(14-17)16-10-12-21-13-11-16/h2-14H,1H3,(H,22,24)/b23-15-. The predicted molar refractivity (Wildman–Crippen MR) is 98.4 cm³/mol. The van der Waals surface area contributed by atoms with Gasteiger partial charge in [0.25, 0.3) is 0 Å². The number of carbonyl (C=O) groups is 1. The molecule has 0 aliphatic rings. The van der Waals surface area contributed by atoms with E-state index in [4.69, 9.17) is 4.84 Å². The average Bonchev–Trinajstić information content (AvgIpc) is 2.68. The highest BCUT2D eigenvalue weighted by Crippen LogP contribution is 2.20. The number of anilines is 1. The van der Waals surface area contributed by atoms with Crippen molar-refractivity contribution < 1.29 is 9.63 Å². The molecule has 0 atom stereocenters. The van der Waals surface area contributed by atoms with Crippen molar-refractivity contribution in [1.82, 2.24) is 4.98 Å². The van der Waals surface area contributed by atoms with Crippen LogP contribution in [0.5, 0.6) is 0 Å². The smallest absolute Gasteiger partial charge is 0.298 e. The molecule has 0 aliphatic heterocycles. The van der Waals surface area contributed by atoms with Crippen molar-refractivity contribution in [3.05, 3.63) is 84.7 Å². The molecule has 0 radical (unpaired) electrons. The number of pyridine rings is 1. The summed E-state index contributed by atoms with van der Waals surface area (Å²) in [6.45, 7) is 1.79. The van der Waals surface area contributed by atoms with Crippen molar-refractivity contribution in [2.24, 2.45) is 5.16 Å². The lowest BCUT2D eigenvalue weighted by atomic mass is 10.0. The Balaban J connectivity index is 1.69. The van der Waals surface area contributed by atoms with Crippen LogP contribution < -0.4 is 5.32 Å². The Morgan fingerprint density at radius 1 is 0.960 bits per heavy atom. The highest BCUT2D eigenvalue weighted by molar-refractivity contribution is 5.99. The van der Waals surface area contributed by atoms with Crippen LogP contribution in [0.3, 0.4) is 0 Å². The molecule has 25 heavy (non-hydrogen) atoms. The van der Waals surface area contributed by atoms with Crippen molar-refractivity contribution in [3.8, 4) is 11.1 Å². The minimum atomic E-state index is -0.629. The number of para-hydroxylation sites is 1. The second-order valence-corrected chi connectivity index (χ2v) is 5.36. The lowest BCUT2D eigenvalue weighted by molar-refractivity contribution is 0.166. The van der Waals surface area contributed by atoms with Gasteiger partial charge in [0.15, 0.2) is 0 Å². The first kappa shape index (κ1) is 16.4. The number of amides is 1. The molecule has 3 aromatic rings. The van der Waals surface area contributed by atoms with Gasteiger partial charge in [0.1, 0.15) is 0 Å². The predicted octanol–water partition coefficient (Wildman–Crippen LogP) is 4.72. The first-order valence-corrected chi connectivity index (χ1v) is 7.81. The Labute approximate surface area is 146 Å². The van der Waals surface area contributed by atoms with Crippen LogP contribution in [0.1, 0.15) is 12.5 Å². The fraction of sp³-hybridized carbons (Fsp3) is 0.0500. The van der Waals surface area contributed by atoms with Crippen LogP contribution in [0.15, 0.2) is 84.3 Å². The molecule has 0 aliphatic carbocycles. The van der Waals surface area contributed by atoms with E-state index in [1.54, 1.807) is 31.5 Å². The Morgan fingerprint density at radius 2 is 1.72 bits per heavy atom. The fourth-order valence-electron chi connectivity index (χ4n) is 2.29. The third-order valence-electron chi connectivity index (χ3n) is 3.58. The molecule has 5 nitrogen and oxygen atoms in total. The lowest BCUT2D eigenvalue weighted by Gasteiger charge is -2.06. The Kier molecular flexibility index (Phi) is 5.16. The summed E-state index contributed by atoms with van der Waals surface area (Å²) in [4.78, 5) is 20.7. The molecule has 0 saturated heterocycles. The highest BCUT2D eigenvalue weighted by atomic mass is 16.7. The van der Waals surface area contributed by atoms with Crippen LogP contribution in [-0.2, 0) is 4.84 Å². The van der Waals surface area contributed by atoms with Gasteiger partial charge in [0.2, 0.25) is 0 Å². The van der Waals surface area contributed by atoms with Gasteiger partial charge in [0.05, 0.1) is 5.71 Å². The van der Waals surface area contributed by atoms with Gasteiger partial charge in [-0.2, -0.15) is 0 Å². The van der Waals surface area contributed by atoms with E-state index in [1.807, 2.05) is 54.6 Å². The fourth-order valence-corrected chi connectivity index (χ4v) is 2.29. The van der Waals surface area contributed by atoms with E-state index in [0.717, 1.165) is 16.7 Å². The number of hydrogen-bond acceptors (Lipinski definition) is 4. The van der Waals surface area contributed by atoms with Crippen LogP contribution in [0, 0.1) is 0 Å². The quantitative estimate of drug-likeness (QED) is 0.427. The maximum absolute atomic E-state index is 11.8. The normalized spacial score (nSPS) is 11.0. The molecular weight excluding hydrogens is 314 g/mol. The summed E-state index contributed by atoms with van der Waals surface area (Å²) in [6.07, 6.45) is 2.87. The Hall–Kier alpha value is -3.47. The first-order valence-electron chi connectivity index (χ1n) is 7.81. The summed E-state index contributed by atoms with van der Waals surface area (Å²) in [5.41, 5.74) is 4.25. The first-order chi connectivity index (χ1) is 12.2. The van der Waals surface area contributed by atoms with Crippen molar-refractivity contribution in [2.75, 3.05) is 5.32 Å².